The summed E-state index contributed by atoms with van der Waals surface area (Å²) in [6.07, 6.45) is 0. The van der Waals surface area contributed by atoms with Crippen molar-refractivity contribution in [2.24, 2.45) is 0 Å². The van der Waals surface area contributed by atoms with E-state index in [1.807, 2.05) is 22.7 Å². The van der Waals surface area contributed by atoms with Gasteiger partial charge >= 0.3 is 0 Å². The van der Waals surface area contributed by atoms with Gasteiger partial charge in [-0.25, -0.2) is 0 Å². The van der Waals surface area contributed by atoms with Gasteiger partial charge in [0.1, 0.15) is 0 Å². The highest BCUT2D eigenvalue weighted by Gasteiger charge is 2.19. The molecule has 0 bridgehead atoms. The molecule has 0 radical (unpaired) electrons. The number of hydrogen-bond donors (Lipinski definition) is 0. The van der Waals surface area contributed by atoms with E-state index < -0.39 is 0 Å². The lowest BCUT2D eigenvalue weighted by Crippen LogP contribution is -1.89. The van der Waals surface area contributed by atoms with Gasteiger partial charge in [0, 0.05) is 35.3 Å². The Kier molecular flexibility index (Phi) is 4.74. The van der Waals surface area contributed by atoms with Gasteiger partial charge in [0.15, 0.2) is 0 Å². The molecule has 0 unspecified atom stereocenters. The van der Waals surface area contributed by atoms with E-state index in [1.165, 1.54) is 84.1 Å². The summed E-state index contributed by atoms with van der Waals surface area (Å²) in [5.74, 6) is 0. The lowest BCUT2D eigenvalue weighted by molar-refractivity contribution is 1.70. The van der Waals surface area contributed by atoms with Crippen LogP contribution in [0.25, 0.3) is 84.1 Å². The quantitative estimate of drug-likeness (QED) is 0.191. The zero-order chi connectivity index (χ0) is 26.2. The molecule has 9 rings (SSSR count). The maximum absolute atomic E-state index is 2.41. The molecule has 2 heterocycles. The van der Waals surface area contributed by atoms with E-state index in [-0.39, 0.29) is 0 Å². The molecule has 2 heteroatoms. The van der Waals surface area contributed by atoms with Crippen molar-refractivity contribution in [2.75, 3.05) is 0 Å². The minimum Gasteiger partial charge on any atom is -0.135 e. The largest absolute Gasteiger partial charge is 0.135 e. The molecule has 9 aromatic rings. The third-order valence-electron chi connectivity index (χ3n) is 8.24. The normalized spacial score (nSPS) is 12.0. The Labute approximate surface area is 239 Å². The Morgan fingerprint density at radius 1 is 0.375 bits per heavy atom. The molecule has 40 heavy (non-hydrogen) atoms. The second-order valence-electron chi connectivity index (χ2n) is 10.5. The van der Waals surface area contributed by atoms with E-state index in [9.17, 15) is 0 Å². The van der Waals surface area contributed by atoms with Crippen LogP contribution in [0.2, 0.25) is 0 Å². The second kappa shape index (κ2) is 8.50. The van der Waals surface area contributed by atoms with Gasteiger partial charge in [-0.3, -0.25) is 0 Å². The Morgan fingerprint density at radius 3 is 1.73 bits per heavy atom. The summed E-state index contributed by atoms with van der Waals surface area (Å²) in [4.78, 5) is 1.33. The van der Waals surface area contributed by atoms with Gasteiger partial charge in [-0.2, -0.15) is 0 Å². The van der Waals surface area contributed by atoms with E-state index in [0.717, 1.165) is 0 Å². The topological polar surface area (TPSA) is 0 Å². The van der Waals surface area contributed by atoms with Gasteiger partial charge in [0.25, 0.3) is 0 Å². The molecular weight excluding hydrogens is 521 g/mol. The highest BCUT2D eigenvalue weighted by Crippen LogP contribution is 2.49. The van der Waals surface area contributed by atoms with Crippen LogP contribution in [0.4, 0.5) is 0 Å². The van der Waals surface area contributed by atoms with Gasteiger partial charge in [0.05, 0.1) is 0 Å². The van der Waals surface area contributed by atoms with Crippen LogP contribution in [0.3, 0.4) is 0 Å². The molecule has 186 valence electrons. The molecule has 0 atom stereocenters. The van der Waals surface area contributed by atoms with Crippen molar-refractivity contribution in [3.05, 3.63) is 133 Å². The maximum Gasteiger partial charge on any atom is 0.0442 e. The number of thiophene rings is 2. The molecule has 0 aliphatic carbocycles. The summed E-state index contributed by atoms with van der Waals surface area (Å²) in [5.41, 5.74) is 3.91. The fourth-order valence-electron chi connectivity index (χ4n) is 6.48. The number of benzene rings is 7. The fourth-order valence-corrected chi connectivity index (χ4v) is 8.95. The molecule has 7 aromatic carbocycles. The number of fused-ring (bicyclic) bond motifs is 8. The fraction of sp³-hybridized carbons (Fsp3) is 0. The molecule has 0 aliphatic heterocycles. The van der Waals surface area contributed by atoms with E-state index >= 15 is 0 Å². The van der Waals surface area contributed by atoms with Gasteiger partial charge in [-0.15, -0.1) is 22.7 Å². The monoisotopic (exact) mass is 542 g/mol. The summed E-state index contributed by atoms with van der Waals surface area (Å²) in [6, 6.07) is 49.3. The minimum absolute atomic E-state index is 1.26. The van der Waals surface area contributed by atoms with E-state index in [0.29, 0.717) is 0 Å². The van der Waals surface area contributed by atoms with Crippen molar-refractivity contribution >= 4 is 85.2 Å². The Morgan fingerprint density at radius 2 is 0.975 bits per heavy atom. The van der Waals surface area contributed by atoms with Crippen molar-refractivity contribution in [3.8, 4) is 21.6 Å². The molecule has 0 amide bonds. The molecule has 0 saturated heterocycles. The van der Waals surface area contributed by atoms with Crippen LogP contribution in [-0.2, 0) is 0 Å². The molecule has 0 aliphatic rings. The summed E-state index contributed by atoms with van der Waals surface area (Å²) in [6.45, 7) is 0. The van der Waals surface area contributed by atoms with Crippen molar-refractivity contribution in [1.82, 2.24) is 0 Å². The van der Waals surface area contributed by atoms with Crippen molar-refractivity contribution in [3.63, 3.8) is 0 Å². The molecular formula is C38H22S2. The molecule has 0 saturated carbocycles. The zero-order valence-corrected chi connectivity index (χ0v) is 23.2. The SMILES string of the molecule is c1ccc2cc(-c3c4ccccc4c(-c4cc5ccc6sc7ccccc7c6c5s4)c4ccccc34)ccc2c1. The van der Waals surface area contributed by atoms with Crippen molar-refractivity contribution < 1.29 is 0 Å². The highest BCUT2D eigenvalue weighted by atomic mass is 32.1. The summed E-state index contributed by atoms with van der Waals surface area (Å²) >= 11 is 3.83. The predicted molar refractivity (Wildman–Crippen MR) is 178 cm³/mol. The Hall–Kier alpha value is -4.50. The molecule has 0 spiro atoms. The van der Waals surface area contributed by atoms with Crippen LogP contribution in [0, 0.1) is 0 Å². The van der Waals surface area contributed by atoms with E-state index in [4.69, 9.17) is 0 Å². The van der Waals surface area contributed by atoms with E-state index in [1.54, 1.807) is 0 Å². The lowest BCUT2D eigenvalue weighted by Gasteiger charge is -2.17. The highest BCUT2D eigenvalue weighted by molar-refractivity contribution is 7.28. The molecule has 2 aromatic heterocycles. The van der Waals surface area contributed by atoms with Gasteiger partial charge in [0.2, 0.25) is 0 Å². The average molecular weight is 543 g/mol. The number of hydrogen-bond acceptors (Lipinski definition) is 2. The predicted octanol–water partition coefficient (Wildman–Crippen LogP) is 12.1. The van der Waals surface area contributed by atoms with Crippen LogP contribution in [0.5, 0.6) is 0 Å². The summed E-state index contributed by atoms with van der Waals surface area (Å²) in [7, 11) is 0. The smallest absolute Gasteiger partial charge is 0.0442 e. The van der Waals surface area contributed by atoms with Crippen molar-refractivity contribution in [2.45, 2.75) is 0 Å². The standard InChI is InChI=1S/C38H22S2/c1-2-10-24-21-25(18-17-23(24)9-1)35-27-11-3-5-13-29(27)36(30-14-6-4-12-28(30)35)34-22-26-19-20-33-37(38(26)40-34)31-15-7-8-16-32(31)39-33/h1-22H. The Balaban J connectivity index is 1.39. The second-order valence-corrected chi connectivity index (χ2v) is 12.6. The van der Waals surface area contributed by atoms with Crippen LogP contribution in [0.15, 0.2) is 133 Å². The first-order valence-corrected chi connectivity index (χ1v) is 15.2. The van der Waals surface area contributed by atoms with Gasteiger partial charge < -0.3 is 0 Å². The maximum atomic E-state index is 2.41. The minimum atomic E-state index is 1.26. The van der Waals surface area contributed by atoms with Crippen LogP contribution in [0.1, 0.15) is 0 Å². The molecule has 0 nitrogen and oxygen atoms in total. The van der Waals surface area contributed by atoms with Crippen LogP contribution >= 0.6 is 22.7 Å². The molecule has 0 fully saturated rings. The average Bonchev–Trinajstić information content (AvgIpc) is 3.61. The molecule has 0 N–H and O–H groups in total. The summed E-state index contributed by atoms with van der Waals surface area (Å²) in [5, 5.41) is 11.8. The van der Waals surface area contributed by atoms with E-state index in [2.05, 4.69) is 133 Å². The van der Waals surface area contributed by atoms with Gasteiger partial charge in [-0.05, 0) is 73.1 Å². The first-order valence-electron chi connectivity index (χ1n) is 13.6. The third kappa shape index (κ3) is 3.18. The van der Waals surface area contributed by atoms with Crippen LogP contribution in [-0.4, -0.2) is 0 Å². The lowest BCUT2D eigenvalue weighted by atomic mass is 9.87. The number of rotatable bonds is 2. The first kappa shape index (κ1) is 22.3. The van der Waals surface area contributed by atoms with Crippen molar-refractivity contribution in [1.29, 1.82) is 0 Å². The zero-order valence-electron chi connectivity index (χ0n) is 21.5. The first-order chi connectivity index (χ1) is 19.8. The Bertz CT molecular complexity index is 2380. The third-order valence-corrected chi connectivity index (χ3v) is 10.6. The van der Waals surface area contributed by atoms with Gasteiger partial charge in [-0.1, -0.05) is 109 Å². The van der Waals surface area contributed by atoms with Crippen LogP contribution < -0.4 is 0 Å². The summed E-state index contributed by atoms with van der Waals surface area (Å²) < 4.78 is 4.11.